The molecule has 0 heterocycles. The van der Waals surface area contributed by atoms with E-state index in [0.717, 1.165) is 4.90 Å². The first kappa shape index (κ1) is 23.5. The van der Waals surface area contributed by atoms with Crippen molar-refractivity contribution < 1.29 is 19.1 Å². The van der Waals surface area contributed by atoms with Crippen molar-refractivity contribution in [1.82, 2.24) is 0 Å². The van der Waals surface area contributed by atoms with E-state index in [9.17, 15) is 9.59 Å². The number of carbonyl (C=O) groups excluding carboxylic acids is 2. The van der Waals surface area contributed by atoms with E-state index in [4.69, 9.17) is 21.1 Å². The van der Waals surface area contributed by atoms with Gasteiger partial charge in [0.15, 0.2) is 11.5 Å². The minimum atomic E-state index is -0.345. The first-order valence-electron chi connectivity index (χ1n) is 9.76. The summed E-state index contributed by atoms with van der Waals surface area (Å²) in [6.45, 7) is 1.82. The summed E-state index contributed by atoms with van der Waals surface area (Å²) >= 11 is 7.27. The molecule has 0 aliphatic carbocycles. The molecule has 0 aromatic heterocycles. The molecule has 1 unspecified atom stereocenters. The van der Waals surface area contributed by atoms with Crippen LogP contribution in [0, 0.1) is 0 Å². The molecule has 2 N–H and O–H groups in total. The van der Waals surface area contributed by atoms with E-state index in [2.05, 4.69) is 10.6 Å². The van der Waals surface area contributed by atoms with Crippen LogP contribution in [0.25, 0.3) is 0 Å². The van der Waals surface area contributed by atoms with Gasteiger partial charge in [-0.2, -0.15) is 0 Å². The van der Waals surface area contributed by atoms with Crippen molar-refractivity contribution in [3.05, 3.63) is 77.3 Å². The first-order chi connectivity index (χ1) is 15.4. The maximum atomic E-state index is 12.7. The summed E-state index contributed by atoms with van der Waals surface area (Å²) in [7, 11) is 3.06. The van der Waals surface area contributed by atoms with Crippen molar-refractivity contribution in [3.63, 3.8) is 0 Å². The molecule has 166 valence electrons. The lowest BCUT2D eigenvalue weighted by molar-refractivity contribution is -0.115. The number of carbonyl (C=O) groups is 2. The van der Waals surface area contributed by atoms with Crippen molar-refractivity contribution in [2.75, 3.05) is 24.9 Å². The van der Waals surface area contributed by atoms with Crippen molar-refractivity contribution in [1.29, 1.82) is 0 Å². The zero-order valence-corrected chi connectivity index (χ0v) is 19.4. The quantitative estimate of drug-likeness (QED) is 0.411. The van der Waals surface area contributed by atoms with Gasteiger partial charge in [-0.15, -0.1) is 11.8 Å². The summed E-state index contributed by atoms with van der Waals surface area (Å²) in [5.41, 5.74) is 1.75. The number of rotatable bonds is 8. The van der Waals surface area contributed by atoms with E-state index in [1.54, 1.807) is 48.5 Å². The third-order valence-electron chi connectivity index (χ3n) is 4.53. The van der Waals surface area contributed by atoms with E-state index >= 15 is 0 Å². The van der Waals surface area contributed by atoms with Gasteiger partial charge < -0.3 is 20.1 Å². The maximum Gasteiger partial charge on any atom is 0.255 e. The second-order valence-electron chi connectivity index (χ2n) is 6.81. The van der Waals surface area contributed by atoms with Gasteiger partial charge in [-0.25, -0.2) is 0 Å². The van der Waals surface area contributed by atoms with Crippen molar-refractivity contribution in [3.8, 4) is 11.5 Å². The number of methoxy groups -OCH3 is 2. The highest BCUT2D eigenvalue weighted by atomic mass is 35.5. The van der Waals surface area contributed by atoms with Crippen LogP contribution >= 0.6 is 23.4 Å². The van der Waals surface area contributed by atoms with Crippen molar-refractivity contribution >= 4 is 46.6 Å². The molecule has 0 saturated heterocycles. The molecule has 1 atom stereocenters. The Bertz CT molecular complexity index is 1110. The lowest BCUT2D eigenvalue weighted by atomic mass is 10.2. The molecular weight excluding hydrogens is 448 g/mol. The Labute approximate surface area is 196 Å². The van der Waals surface area contributed by atoms with Crippen LogP contribution in [0.5, 0.6) is 11.5 Å². The van der Waals surface area contributed by atoms with E-state index in [-0.39, 0.29) is 17.1 Å². The Kier molecular flexibility index (Phi) is 8.03. The lowest BCUT2D eigenvalue weighted by Gasteiger charge is -2.13. The fourth-order valence-electron chi connectivity index (χ4n) is 2.86. The predicted octanol–water partition coefficient (Wildman–Crippen LogP) is 5.73. The molecule has 0 spiro atoms. The Hall–Kier alpha value is -3.16. The van der Waals surface area contributed by atoms with Gasteiger partial charge in [0.05, 0.1) is 19.5 Å². The van der Waals surface area contributed by atoms with Crippen LogP contribution < -0.4 is 20.1 Å². The van der Waals surface area contributed by atoms with Crippen molar-refractivity contribution in [2.24, 2.45) is 0 Å². The summed E-state index contributed by atoms with van der Waals surface area (Å²) in [6, 6.07) is 19.3. The normalized spacial score (nSPS) is 11.4. The molecule has 0 fully saturated rings. The number of ether oxygens (including phenoxy) is 2. The monoisotopic (exact) mass is 470 g/mol. The number of nitrogens with one attached hydrogen (secondary N) is 2. The number of hydrogen-bond acceptors (Lipinski definition) is 5. The van der Waals surface area contributed by atoms with Gasteiger partial charge in [0.1, 0.15) is 0 Å². The van der Waals surface area contributed by atoms with Gasteiger partial charge in [0, 0.05) is 26.9 Å². The third kappa shape index (κ3) is 6.18. The van der Waals surface area contributed by atoms with Crippen LogP contribution in [0.15, 0.2) is 71.6 Å². The van der Waals surface area contributed by atoms with E-state index in [1.807, 2.05) is 25.1 Å². The van der Waals surface area contributed by atoms with E-state index in [0.29, 0.717) is 33.5 Å². The summed E-state index contributed by atoms with van der Waals surface area (Å²) in [5, 5.41) is 6.00. The molecule has 6 nitrogen and oxygen atoms in total. The SMILES string of the molecule is COc1ccc(C(=O)Nc2cccc(SC(C)C(=O)Nc3ccc(Cl)cc3)c2)cc1OC. The number of thioether (sulfide) groups is 1. The lowest BCUT2D eigenvalue weighted by Crippen LogP contribution is -2.22. The van der Waals surface area contributed by atoms with Crippen molar-refractivity contribution in [2.45, 2.75) is 17.1 Å². The molecular formula is C24H23ClN2O4S. The fourth-order valence-corrected chi connectivity index (χ4v) is 3.91. The third-order valence-corrected chi connectivity index (χ3v) is 5.88. The number of amides is 2. The second-order valence-corrected chi connectivity index (χ2v) is 8.66. The van der Waals surface area contributed by atoms with Crippen LogP contribution in [0.2, 0.25) is 5.02 Å². The second kappa shape index (κ2) is 10.9. The van der Waals surface area contributed by atoms with Crippen LogP contribution in [-0.2, 0) is 4.79 Å². The first-order valence-corrected chi connectivity index (χ1v) is 11.0. The molecule has 0 aliphatic heterocycles. The Morgan fingerprint density at radius 3 is 2.28 bits per heavy atom. The van der Waals surface area contributed by atoms with Crippen LogP contribution in [-0.4, -0.2) is 31.3 Å². The summed E-state index contributed by atoms with van der Waals surface area (Å²) < 4.78 is 10.5. The smallest absolute Gasteiger partial charge is 0.255 e. The number of halogens is 1. The zero-order chi connectivity index (χ0) is 23.1. The molecule has 0 bridgehead atoms. The van der Waals surface area contributed by atoms with Crippen LogP contribution in [0.4, 0.5) is 11.4 Å². The Morgan fingerprint density at radius 1 is 0.875 bits per heavy atom. The minimum absolute atomic E-state index is 0.128. The van der Waals surface area contributed by atoms with E-state index < -0.39 is 0 Å². The maximum absolute atomic E-state index is 12.7. The Balaban J connectivity index is 1.64. The molecule has 0 aliphatic rings. The summed E-state index contributed by atoms with van der Waals surface area (Å²) in [4.78, 5) is 26.0. The summed E-state index contributed by atoms with van der Waals surface area (Å²) in [5.74, 6) is 0.622. The molecule has 8 heteroatoms. The Morgan fingerprint density at radius 2 is 1.59 bits per heavy atom. The fraction of sp³-hybridized carbons (Fsp3) is 0.167. The van der Waals surface area contributed by atoms with Gasteiger partial charge in [0.25, 0.3) is 5.91 Å². The predicted molar refractivity (Wildman–Crippen MR) is 129 cm³/mol. The molecule has 2 amide bonds. The standard InChI is InChI=1S/C24H23ClN2O4S/c1-15(23(28)26-18-10-8-17(25)9-11-18)32-20-6-4-5-19(14-20)27-24(29)16-7-12-21(30-2)22(13-16)31-3/h4-15H,1-3H3,(H,26,28)(H,27,29). The van der Waals surface area contributed by atoms with Gasteiger partial charge in [-0.05, 0) is 67.6 Å². The minimum Gasteiger partial charge on any atom is -0.493 e. The highest BCUT2D eigenvalue weighted by Crippen LogP contribution is 2.29. The number of anilines is 2. The molecule has 3 aromatic carbocycles. The molecule has 0 saturated carbocycles. The largest absolute Gasteiger partial charge is 0.493 e. The summed E-state index contributed by atoms with van der Waals surface area (Å²) in [6.07, 6.45) is 0. The average Bonchev–Trinajstić information content (AvgIpc) is 2.80. The van der Waals surface area contributed by atoms with Crippen LogP contribution in [0.3, 0.4) is 0 Å². The number of benzene rings is 3. The highest BCUT2D eigenvalue weighted by Gasteiger charge is 2.16. The molecule has 0 radical (unpaired) electrons. The molecule has 32 heavy (non-hydrogen) atoms. The van der Waals surface area contributed by atoms with E-state index in [1.165, 1.54) is 26.0 Å². The van der Waals surface area contributed by atoms with Gasteiger partial charge in [-0.1, -0.05) is 17.7 Å². The van der Waals surface area contributed by atoms with Crippen LogP contribution in [0.1, 0.15) is 17.3 Å². The average molecular weight is 471 g/mol. The number of hydrogen-bond donors (Lipinski definition) is 2. The van der Waals surface area contributed by atoms with Gasteiger partial charge >= 0.3 is 0 Å². The van der Waals surface area contributed by atoms with Gasteiger partial charge in [0.2, 0.25) is 5.91 Å². The molecule has 3 aromatic rings. The zero-order valence-electron chi connectivity index (χ0n) is 17.8. The van der Waals surface area contributed by atoms with Gasteiger partial charge in [-0.3, -0.25) is 9.59 Å². The topological polar surface area (TPSA) is 76.7 Å². The molecule has 3 rings (SSSR count). The highest BCUT2D eigenvalue weighted by molar-refractivity contribution is 8.00.